The predicted molar refractivity (Wildman–Crippen MR) is 82.7 cm³/mol. The average Bonchev–Trinajstić information content (AvgIpc) is 2.84. The zero-order chi connectivity index (χ0) is 15.2. The second kappa shape index (κ2) is 7.46. The molecule has 0 aromatic heterocycles. The second-order valence-corrected chi connectivity index (χ2v) is 6.02. The lowest BCUT2D eigenvalue weighted by Gasteiger charge is -2.15. The number of benzene rings is 1. The maximum atomic E-state index is 11.9. The number of esters is 1. The van der Waals surface area contributed by atoms with Crippen LogP contribution in [-0.4, -0.2) is 43.2 Å². The van der Waals surface area contributed by atoms with Gasteiger partial charge in [-0.3, -0.25) is 4.90 Å². The Morgan fingerprint density at radius 3 is 2.62 bits per heavy atom. The van der Waals surface area contributed by atoms with Crippen molar-refractivity contribution in [2.24, 2.45) is 5.92 Å². The smallest absolute Gasteiger partial charge is 0.338 e. The number of rotatable bonds is 6. The molecule has 21 heavy (non-hydrogen) atoms. The summed E-state index contributed by atoms with van der Waals surface area (Å²) in [4.78, 5) is 14.3. The Morgan fingerprint density at radius 1 is 1.33 bits per heavy atom. The van der Waals surface area contributed by atoms with E-state index in [1.807, 2.05) is 13.8 Å². The van der Waals surface area contributed by atoms with Crippen LogP contribution in [0.4, 0.5) is 0 Å². The minimum Gasteiger partial charge on any atom is -0.491 e. The molecule has 1 fully saturated rings. The quantitative estimate of drug-likeness (QED) is 0.755. The first-order valence-electron chi connectivity index (χ1n) is 7.71. The van der Waals surface area contributed by atoms with E-state index in [1.165, 1.54) is 6.42 Å². The van der Waals surface area contributed by atoms with Gasteiger partial charge in [0.25, 0.3) is 0 Å². The van der Waals surface area contributed by atoms with Crippen LogP contribution in [0.15, 0.2) is 24.3 Å². The largest absolute Gasteiger partial charge is 0.491 e. The topological polar surface area (TPSA) is 38.8 Å². The van der Waals surface area contributed by atoms with Crippen molar-refractivity contribution < 1.29 is 14.3 Å². The molecule has 1 aromatic rings. The van der Waals surface area contributed by atoms with E-state index in [-0.39, 0.29) is 12.1 Å². The highest BCUT2D eigenvalue weighted by Gasteiger charge is 2.18. The second-order valence-electron chi connectivity index (χ2n) is 6.02. The van der Waals surface area contributed by atoms with Crippen molar-refractivity contribution in [1.29, 1.82) is 0 Å². The molecule has 0 radical (unpaired) electrons. The molecular weight excluding hydrogens is 266 g/mol. The summed E-state index contributed by atoms with van der Waals surface area (Å²) < 4.78 is 10.9. The summed E-state index contributed by atoms with van der Waals surface area (Å²) in [5.74, 6) is 1.26. The van der Waals surface area contributed by atoms with Gasteiger partial charge in [-0.05, 0) is 57.0 Å². The molecular formula is C17H25NO3. The molecule has 0 spiro atoms. The van der Waals surface area contributed by atoms with Gasteiger partial charge in [0.2, 0.25) is 0 Å². The van der Waals surface area contributed by atoms with Gasteiger partial charge in [-0.15, -0.1) is 0 Å². The van der Waals surface area contributed by atoms with Gasteiger partial charge in [0.15, 0.2) is 0 Å². The van der Waals surface area contributed by atoms with Gasteiger partial charge in [0, 0.05) is 13.1 Å². The molecule has 0 N–H and O–H groups in total. The molecule has 4 nitrogen and oxygen atoms in total. The third-order valence-corrected chi connectivity index (χ3v) is 3.61. The van der Waals surface area contributed by atoms with Crippen molar-refractivity contribution in [3.63, 3.8) is 0 Å². The van der Waals surface area contributed by atoms with Crippen LogP contribution >= 0.6 is 0 Å². The van der Waals surface area contributed by atoms with E-state index >= 15 is 0 Å². The summed E-state index contributed by atoms with van der Waals surface area (Å²) in [6, 6.07) is 7.10. The molecule has 1 saturated heterocycles. The summed E-state index contributed by atoms with van der Waals surface area (Å²) >= 11 is 0. The molecule has 4 heteroatoms. The first-order valence-corrected chi connectivity index (χ1v) is 7.71. The first-order chi connectivity index (χ1) is 10.0. The summed E-state index contributed by atoms with van der Waals surface area (Å²) in [5, 5.41) is 0. The van der Waals surface area contributed by atoms with Gasteiger partial charge >= 0.3 is 5.97 Å². The minimum atomic E-state index is -0.265. The maximum Gasteiger partial charge on any atom is 0.338 e. The number of hydrogen-bond acceptors (Lipinski definition) is 4. The number of carbonyl (C=O) groups excluding carboxylic acids is 1. The van der Waals surface area contributed by atoms with E-state index in [0.29, 0.717) is 12.2 Å². The Kier molecular flexibility index (Phi) is 5.62. The summed E-state index contributed by atoms with van der Waals surface area (Å²) in [5.41, 5.74) is 0.570. The molecule has 1 aliphatic rings. The zero-order valence-electron chi connectivity index (χ0n) is 13.2. The van der Waals surface area contributed by atoms with Crippen LogP contribution in [0.1, 0.15) is 37.6 Å². The summed E-state index contributed by atoms with van der Waals surface area (Å²) in [6.45, 7) is 9.70. The maximum absolute atomic E-state index is 11.9. The van der Waals surface area contributed by atoms with Crippen LogP contribution in [0.25, 0.3) is 0 Å². The van der Waals surface area contributed by atoms with Crippen LogP contribution in [0, 0.1) is 5.92 Å². The van der Waals surface area contributed by atoms with E-state index in [4.69, 9.17) is 9.47 Å². The highest BCUT2D eigenvalue weighted by atomic mass is 16.5. The van der Waals surface area contributed by atoms with Crippen LogP contribution < -0.4 is 4.74 Å². The van der Waals surface area contributed by atoms with Gasteiger partial charge in [-0.1, -0.05) is 6.92 Å². The standard InChI is InChI=1S/C17H25NO3/c1-13(2)21-16-6-4-15(5-7-16)17(19)20-11-10-18-9-8-14(3)12-18/h4-7,13-14H,8-12H2,1-3H3. The normalized spacial score (nSPS) is 19.0. The van der Waals surface area contributed by atoms with Gasteiger partial charge < -0.3 is 9.47 Å². The Hall–Kier alpha value is -1.55. The lowest BCUT2D eigenvalue weighted by Crippen LogP contribution is -2.26. The lowest BCUT2D eigenvalue weighted by atomic mass is 10.2. The van der Waals surface area contributed by atoms with Gasteiger partial charge in [-0.25, -0.2) is 4.79 Å². The number of ether oxygens (including phenoxy) is 2. The van der Waals surface area contributed by atoms with Crippen LogP contribution in [0.2, 0.25) is 0 Å². The van der Waals surface area contributed by atoms with Crippen molar-refractivity contribution >= 4 is 5.97 Å². The number of nitrogens with zero attached hydrogens (tertiary/aromatic N) is 1. The third-order valence-electron chi connectivity index (χ3n) is 3.61. The van der Waals surface area contributed by atoms with Gasteiger partial charge in [0.05, 0.1) is 11.7 Å². The van der Waals surface area contributed by atoms with Crippen molar-refractivity contribution in [2.75, 3.05) is 26.2 Å². The van der Waals surface area contributed by atoms with E-state index in [2.05, 4.69) is 11.8 Å². The monoisotopic (exact) mass is 291 g/mol. The van der Waals surface area contributed by atoms with Crippen molar-refractivity contribution in [3.05, 3.63) is 29.8 Å². The van der Waals surface area contributed by atoms with Crippen molar-refractivity contribution in [2.45, 2.75) is 33.3 Å². The van der Waals surface area contributed by atoms with E-state index < -0.39 is 0 Å². The van der Waals surface area contributed by atoms with E-state index in [0.717, 1.165) is 31.3 Å². The average molecular weight is 291 g/mol. The zero-order valence-corrected chi connectivity index (χ0v) is 13.2. The lowest BCUT2D eigenvalue weighted by molar-refractivity contribution is 0.0471. The molecule has 1 aromatic carbocycles. The molecule has 1 atom stereocenters. The van der Waals surface area contributed by atoms with Gasteiger partial charge in [-0.2, -0.15) is 0 Å². The molecule has 0 aliphatic carbocycles. The molecule has 0 amide bonds. The minimum absolute atomic E-state index is 0.130. The molecule has 1 aliphatic heterocycles. The fourth-order valence-corrected chi connectivity index (χ4v) is 2.52. The number of carbonyl (C=O) groups is 1. The third kappa shape index (κ3) is 5.05. The van der Waals surface area contributed by atoms with E-state index in [1.54, 1.807) is 24.3 Å². The molecule has 116 valence electrons. The Bertz CT molecular complexity index is 456. The summed E-state index contributed by atoms with van der Waals surface area (Å²) in [6.07, 6.45) is 1.37. The Balaban J connectivity index is 1.75. The van der Waals surface area contributed by atoms with Crippen molar-refractivity contribution in [1.82, 2.24) is 4.90 Å². The van der Waals surface area contributed by atoms with Gasteiger partial charge in [0.1, 0.15) is 12.4 Å². The van der Waals surface area contributed by atoms with Crippen molar-refractivity contribution in [3.8, 4) is 5.75 Å². The number of hydrogen-bond donors (Lipinski definition) is 0. The Morgan fingerprint density at radius 2 is 2.05 bits per heavy atom. The molecule has 0 saturated carbocycles. The molecule has 1 heterocycles. The summed E-state index contributed by atoms with van der Waals surface area (Å²) in [7, 11) is 0. The molecule has 0 bridgehead atoms. The highest BCUT2D eigenvalue weighted by molar-refractivity contribution is 5.89. The Labute approximate surface area is 127 Å². The number of likely N-dealkylation sites (tertiary alicyclic amines) is 1. The highest BCUT2D eigenvalue weighted by Crippen LogP contribution is 2.16. The molecule has 1 unspecified atom stereocenters. The SMILES string of the molecule is CC1CCN(CCOC(=O)c2ccc(OC(C)C)cc2)C1. The fraction of sp³-hybridized carbons (Fsp3) is 0.588. The van der Waals surface area contributed by atoms with Crippen LogP contribution in [0.3, 0.4) is 0 Å². The fourth-order valence-electron chi connectivity index (χ4n) is 2.52. The van der Waals surface area contributed by atoms with E-state index in [9.17, 15) is 4.79 Å². The first kappa shape index (κ1) is 15.8. The molecule has 2 rings (SSSR count). The van der Waals surface area contributed by atoms with Crippen LogP contribution in [-0.2, 0) is 4.74 Å². The predicted octanol–water partition coefficient (Wildman–Crippen LogP) is 2.97. The van der Waals surface area contributed by atoms with Crippen LogP contribution in [0.5, 0.6) is 5.75 Å².